The minimum atomic E-state index is -0.799. The van der Waals surface area contributed by atoms with Crippen LogP contribution in [0.3, 0.4) is 0 Å². The molecule has 0 aliphatic rings. The van der Waals surface area contributed by atoms with E-state index >= 15 is 0 Å². The van der Waals surface area contributed by atoms with E-state index in [0.717, 1.165) is 77.0 Å². The van der Waals surface area contributed by atoms with Gasteiger partial charge in [-0.25, -0.2) is 0 Å². The number of carbonyl (C=O) groups is 3. The maximum absolute atomic E-state index is 12.9. The van der Waals surface area contributed by atoms with Gasteiger partial charge in [-0.05, 0) is 83.5 Å². The number of allylic oxidation sites excluding steroid dienone is 12. The van der Waals surface area contributed by atoms with E-state index in [0.29, 0.717) is 19.3 Å². The van der Waals surface area contributed by atoms with Crippen LogP contribution in [0.4, 0.5) is 0 Å². The second-order valence-electron chi connectivity index (χ2n) is 19.5. The zero-order chi connectivity index (χ0) is 50.0. The number of esters is 3. The van der Waals surface area contributed by atoms with Crippen molar-refractivity contribution in [1.29, 1.82) is 0 Å². The van der Waals surface area contributed by atoms with E-state index < -0.39 is 6.10 Å². The van der Waals surface area contributed by atoms with E-state index in [-0.39, 0.29) is 37.5 Å². The molecule has 398 valence electrons. The van der Waals surface area contributed by atoms with Gasteiger partial charge in [-0.2, -0.15) is 0 Å². The topological polar surface area (TPSA) is 78.9 Å². The van der Waals surface area contributed by atoms with Crippen LogP contribution >= 0.6 is 0 Å². The molecule has 6 nitrogen and oxygen atoms in total. The summed E-state index contributed by atoms with van der Waals surface area (Å²) in [6.45, 7) is 6.50. The Balaban J connectivity index is 4.45. The standard InChI is InChI=1S/C63H110O6/c1-4-7-10-13-16-19-22-25-28-31-34-37-40-43-46-49-52-55-61(64)67-58-60(69-63(66)57-54-51-48-45-42-39-36-33-30-27-24-21-18-15-12-9-6-3)59-68-62(65)56-53-50-47-44-41-38-35-32-29-26-23-20-17-14-11-8-5-2/h7,10,16,19,25,27-28,30,34,37,43,46,60H,4-6,8-9,11-15,17-18,20-24,26,29,31-33,35-36,38-42,44-45,47-59H2,1-3H3/b10-7-,19-16-,28-25-,30-27-,37-34-,46-43-. The second-order valence-corrected chi connectivity index (χ2v) is 19.5. The van der Waals surface area contributed by atoms with Gasteiger partial charge in [0.25, 0.3) is 0 Å². The van der Waals surface area contributed by atoms with Gasteiger partial charge in [-0.15, -0.1) is 0 Å². The molecule has 0 saturated heterocycles. The van der Waals surface area contributed by atoms with Gasteiger partial charge in [0.1, 0.15) is 13.2 Å². The van der Waals surface area contributed by atoms with Crippen molar-refractivity contribution in [3.05, 3.63) is 72.9 Å². The summed E-state index contributed by atoms with van der Waals surface area (Å²) in [6.07, 6.45) is 73.3. The molecule has 0 radical (unpaired) electrons. The van der Waals surface area contributed by atoms with Crippen LogP contribution in [0.2, 0.25) is 0 Å². The molecule has 0 saturated carbocycles. The fourth-order valence-corrected chi connectivity index (χ4v) is 8.30. The second kappa shape index (κ2) is 57.4. The Morgan fingerprint density at radius 3 is 0.957 bits per heavy atom. The van der Waals surface area contributed by atoms with Gasteiger partial charge < -0.3 is 14.2 Å². The summed E-state index contributed by atoms with van der Waals surface area (Å²) in [5.74, 6) is -0.946. The van der Waals surface area contributed by atoms with E-state index in [1.807, 2.05) is 0 Å². The Hall–Kier alpha value is -3.15. The van der Waals surface area contributed by atoms with Gasteiger partial charge >= 0.3 is 17.9 Å². The largest absolute Gasteiger partial charge is 0.462 e. The van der Waals surface area contributed by atoms with Gasteiger partial charge in [0.15, 0.2) is 6.10 Å². The average molecular weight is 964 g/mol. The first kappa shape index (κ1) is 65.8. The normalized spacial score (nSPS) is 12.6. The first-order chi connectivity index (χ1) is 34.0. The zero-order valence-corrected chi connectivity index (χ0v) is 45.6. The lowest BCUT2D eigenvalue weighted by atomic mass is 10.0. The van der Waals surface area contributed by atoms with Crippen LogP contribution in [0, 0.1) is 0 Å². The van der Waals surface area contributed by atoms with Gasteiger partial charge in [0.05, 0.1) is 0 Å². The van der Waals surface area contributed by atoms with Crippen molar-refractivity contribution in [2.45, 2.75) is 297 Å². The van der Waals surface area contributed by atoms with E-state index in [1.54, 1.807) is 0 Å². The number of hydrogen-bond donors (Lipinski definition) is 0. The van der Waals surface area contributed by atoms with Crippen LogP contribution in [0.1, 0.15) is 290 Å². The van der Waals surface area contributed by atoms with Gasteiger partial charge in [0.2, 0.25) is 0 Å². The van der Waals surface area contributed by atoms with Crippen LogP contribution in [0.5, 0.6) is 0 Å². The van der Waals surface area contributed by atoms with Crippen molar-refractivity contribution in [1.82, 2.24) is 0 Å². The molecule has 0 aliphatic heterocycles. The van der Waals surface area contributed by atoms with Crippen LogP contribution in [0.15, 0.2) is 72.9 Å². The van der Waals surface area contributed by atoms with Crippen LogP contribution in [-0.2, 0) is 28.6 Å². The Kier molecular flexibility index (Phi) is 54.8. The van der Waals surface area contributed by atoms with Gasteiger partial charge in [0, 0.05) is 19.3 Å². The quantitative estimate of drug-likeness (QED) is 0.0262. The average Bonchev–Trinajstić information content (AvgIpc) is 3.35. The highest BCUT2D eigenvalue weighted by Gasteiger charge is 2.19. The summed E-state index contributed by atoms with van der Waals surface area (Å²) in [7, 11) is 0. The molecule has 0 N–H and O–H groups in total. The SMILES string of the molecule is CC/C=C\C/C=C\C/C=C\C/C=C\C/C=C\CCCC(=O)OCC(COC(=O)CCCCCCCCCCCCCCCCCCC)OC(=O)CCCCCCCCC/C=C\CCCCCCCC. The number of unbranched alkanes of at least 4 members (excludes halogenated alkanes) is 30. The predicted molar refractivity (Wildman–Crippen MR) is 298 cm³/mol. The van der Waals surface area contributed by atoms with Crippen molar-refractivity contribution in [3.8, 4) is 0 Å². The third-order valence-corrected chi connectivity index (χ3v) is 12.7. The molecule has 0 aliphatic carbocycles. The molecule has 0 bridgehead atoms. The summed E-state index contributed by atoms with van der Waals surface area (Å²) in [5.41, 5.74) is 0. The maximum Gasteiger partial charge on any atom is 0.306 e. The molecular formula is C63H110O6. The lowest BCUT2D eigenvalue weighted by Gasteiger charge is -2.18. The number of carbonyl (C=O) groups excluding carboxylic acids is 3. The summed E-state index contributed by atoms with van der Waals surface area (Å²) in [4.78, 5) is 38.2. The molecule has 0 amide bonds. The molecule has 0 aromatic carbocycles. The fraction of sp³-hybridized carbons (Fsp3) is 0.762. The first-order valence-corrected chi connectivity index (χ1v) is 29.4. The number of rotatable bonds is 53. The van der Waals surface area contributed by atoms with Gasteiger partial charge in [-0.1, -0.05) is 261 Å². The van der Waals surface area contributed by atoms with Crippen molar-refractivity contribution < 1.29 is 28.6 Å². The molecule has 0 heterocycles. The summed E-state index contributed by atoms with van der Waals surface area (Å²) < 4.78 is 16.8. The van der Waals surface area contributed by atoms with Crippen LogP contribution < -0.4 is 0 Å². The highest BCUT2D eigenvalue weighted by atomic mass is 16.6. The number of hydrogen-bond acceptors (Lipinski definition) is 6. The van der Waals surface area contributed by atoms with Crippen molar-refractivity contribution in [2.75, 3.05) is 13.2 Å². The molecular weight excluding hydrogens is 853 g/mol. The minimum Gasteiger partial charge on any atom is -0.462 e. The fourth-order valence-electron chi connectivity index (χ4n) is 8.30. The van der Waals surface area contributed by atoms with E-state index in [1.165, 1.54) is 167 Å². The molecule has 1 unspecified atom stereocenters. The number of ether oxygens (including phenoxy) is 3. The van der Waals surface area contributed by atoms with E-state index in [2.05, 4.69) is 93.7 Å². The molecule has 6 heteroatoms. The Morgan fingerprint density at radius 2 is 0.580 bits per heavy atom. The summed E-state index contributed by atoms with van der Waals surface area (Å²) >= 11 is 0. The van der Waals surface area contributed by atoms with Crippen molar-refractivity contribution in [2.24, 2.45) is 0 Å². The Morgan fingerprint density at radius 1 is 0.304 bits per heavy atom. The van der Waals surface area contributed by atoms with Crippen molar-refractivity contribution >= 4 is 17.9 Å². The molecule has 1 atom stereocenters. The maximum atomic E-state index is 12.9. The zero-order valence-electron chi connectivity index (χ0n) is 45.6. The smallest absolute Gasteiger partial charge is 0.306 e. The van der Waals surface area contributed by atoms with Crippen LogP contribution in [-0.4, -0.2) is 37.2 Å². The molecule has 0 fully saturated rings. The predicted octanol–water partition coefficient (Wildman–Crippen LogP) is 19.8. The Labute approximate surface area is 427 Å². The monoisotopic (exact) mass is 963 g/mol. The summed E-state index contributed by atoms with van der Waals surface area (Å²) in [6, 6.07) is 0. The molecule has 0 aromatic heterocycles. The highest BCUT2D eigenvalue weighted by Crippen LogP contribution is 2.16. The lowest BCUT2D eigenvalue weighted by molar-refractivity contribution is -0.167. The van der Waals surface area contributed by atoms with E-state index in [4.69, 9.17) is 14.2 Å². The summed E-state index contributed by atoms with van der Waals surface area (Å²) in [5, 5.41) is 0. The Bertz CT molecular complexity index is 1290. The third-order valence-electron chi connectivity index (χ3n) is 12.7. The molecule has 0 aromatic rings. The molecule has 0 spiro atoms. The molecule has 69 heavy (non-hydrogen) atoms. The van der Waals surface area contributed by atoms with Crippen LogP contribution in [0.25, 0.3) is 0 Å². The minimum absolute atomic E-state index is 0.0922. The lowest BCUT2D eigenvalue weighted by Crippen LogP contribution is -2.30. The third kappa shape index (κ3) is 55.6. The first-order valence-electron chi connectivity index (χ1n) is 29.4. The highest BCUT2D eigenvalue weighted by molar-refractivity contribution is 5.71. The van der Waals surface area contributed by atoms with E-state index in [9.17, 15) is 14.4 Å². The van der Waals surface area contributed by atoms with Gasteiger partial charge in [-0.3, -0.25) is 14.4 Å². The van der Waals surface area contributed by atoms with Crippen molar-refractivity contribution in [3.63, 3.8) is 0 Å². The molecule has 0 rings (SSSR count).